The summed E-state index contributed by atoms with van der Waals surface area (Å²) in [7, 11) is 0. The van der Waals surface area contributed by atoms with Crippen LogP contribution < -0.4 is 20.9 Å². The van der Waals surface area contributed by atoms with Gasteiger partial charge in [-0.2, -0.15) is 13.2 Å². The standard InChI is InChI=1S/C28H39F3N4O2/c1-19(2)17-25(34-26(28(29,30)31)21-7-5-4-6-8-21)27(37)33-20(3)18-32-22-9-11-23(12-10-22)35-15-13-24(36)14-16-35/h4-12,19-20,24-26,32,34,36H,13-18H2,1-3H3,(H,33,37)/t20-,25-,26-/m0/s1. The van der Waals surface area contributed by atoms with Gasteiger partial charge in [-0.15, -0.1) is 0 Å². The first kappa shape index (κ1) is 28.8. The van der Waals surface area contributed by atoms with Crippen LogP contribution in [0.1, 0.15) is 51.6 Å². The third-order valence-electron chi connectivity index (χ3n) is 6.55. The van der Waals surface area contributed by atoms with E-state index in [9.17, 15) is 23.1 Å². The number of carbonyl (C=O) groups is 1. The Morgan fingerprint density at radius 3 is 2.22 bits per heavy atom. The highest BCUT2D eigenvalue weighted by Crippen LogP contribution is 2.33. The largest absolute Gasteiger partial charge is 0.407 e. The van der Waals surface area contributed by atoms with Crippen molar-refractivity contribution in [3.8, 4) is 0 Å². The lowest BCUT2D eigenvalue weighted by Crippen LogP contribution is -2.52. The second kappa shape index (κ2) is 13.1. The Morgan fingerprint density at radius 2 is 1.65 bits per heavy atom. The molecule has 0 radical (unpaired) electrons. The number of anilines is 2. The SMILES string of the molecule is CC(C)C[C@H](N[C@@H](c1ccccc1)C(F)(F)F)C(=O)N[C@@H](C)CNc1ccc(N2CCC(O)CC2)cc1. The van der Waals surface area contributed by atoms with Gasteiger partial charge < -0.3 is 20.6 Å². The van der Waals surface area contributed by atoms with Crippen LogP contribution in [0.15, 0.2) is 54.6 Å². The number of hydrogen-bond donors (Lipinski definition) is 4. The van der Waals surface area contributed by atoms with Gasteiger partial charge >= 0.3 is 6.18 Å². The molecule has 1 amide bonds. The highest BCUT2D eigenvalue weighted by atomic mass is 19.4. The van der Waals surface area contributed by atoms with Crippen LogP contribution in [0.25, 0.3) is 0 Å². The van der Waals surface area contributed by atoms with Crippen molar-refractivity contribution >= 4 is 17.3 Å². The molecule has 2 aromatic carbocycles. The van der Waals surface area contributed by atoms with Crippen LogP contribution in [-0.2, 0) is 4.79 Å². The Hall–Kier alpha value is -2.78. The molecule has 0 aromatic heterocycles. The summed E-state index contributed by atoms with van der Waals surface area (Å²) in [6.07, 6.45) is -2.95. The summed E-state index contributed by atoms with van der Waals surface area (Å²) in [5, 5.41) is 18.4. The van der Waals surface area contributed by atoms with E-state index in [1.165, 1.54) is 12.1 Å². The molecule has 9 heteroatoms. The zero-order valence-electron chi connectivity index (χ0n) is 21.8. The van der Waals surface area contributed by atoms with E-state index < -0.39 is 24.2 Å². The number of aliphatic hydroxyl groups is 1. The average Bonchev–Trinajstić information content (AvgIpc) is 2.85. The van der Waals surface area contributed by atoms with Gasteiger partial charge in [0.15, 0.2) is 0 Å². The number of halogens is 3. The van der Waals surface area contributed by atoms with Crippen LogP contribution in [0.2, 0.25) is 0 Å². The first-order valence-electron chi connectivity index (χ1n) is 13.0. The second-order valence-electron chi connectivity index (χ2n) is 10.3. The normalized spacial score (nSPS) is 17.4. The maximum atomic E-state index is 13.9. The molecule has 0 unspecified atom stereocenters. The summed E-state index contributed by atoms with van der Waals surface area (Å²) in [6, 6.07) is 12.4. The molecule has 0 aliphatic carbocycles. The Labute approximate surface area is 217 Å². The fraction of sp³-hybridized carbons (Fsp3) is 0.536. The molecule has 204 valence electrons. The van der Waals surface area contributed by atoms with E-state index in [-0.39, 0.29) is 30.0 Å². The van der Waals surface area contributed by atoms with E-state index in [0.29, 0.717) is 6.54 Å². The van der Waals surface area contributed by atoms with Gasteiger partial charge in [-0.1, -0.05) is 44.2 Å². The molecule has 0 saturated carbocycles. The number of benzene rings is 2. The van der Waals surface area contributed by atoms with Crippen LogP contribution in [0, 0.1) is 5.92 Å². The molecular weight excluding hydrogens is 481 g/mol. The van der Waals surface area contributed by atoms with E-state index in [1.807, 2.05) is 45.0 Å². The van der Waals surface area contributed by atoms with E-state index in [2.05, 4.69) is 20.9 Å². The van der Waals surface area contributed by atoms with Crippen molar-refractivity contribution in [2.75, 3.05) is 29.9 Å². The van der Waals surface area contributed by atoms with Gasteiger partial charge in [0.05, 0.1) is 12.1 Å². The highest BCUT2D eigenvalue weighted by Gasteiger charge is 2.42. The van der Waals surface area contributed by atoms with Crippen molar-refractivity contribution in [2.24, 2.45) is 5.92 Å². The van der Waals surface area contributed by atoms with Crippen molar-refractivity contribution in [2.45, 2.75) is 70.4 Å². The molecule has 1 saturated heterocycles. The molecule has 1 fully saturated rings. The number of aliphatic hydroxyl groups excluding tert-OH is 1. The number of amides is 1. The molecule has 3 atom stereocenters. The molecule has 2 aromatic rings. The van der Waals surface area contributed by atoms with Gasteiger partial charge in [0, 0.05) is 37.1 Å². The molecule has 1 heterocycles. The smallest absolute Gasteiger partial charge is 0.393 e. The topological polar surface area (TPSA) is 76.6 Å². The van der Waals surface area contributed by atoms with E-state index in [1.54, 1.807) is 18.2 Å². The third-order valence-corrected chi connectivity index (χ3v) is 6.55. The Bertz CT molecular complexity index is 962. The fourth-order valence-electron chi connectivity index (χ4n) is 4.53. The summed E-state index contributed by atoms with van der Waals surface area (Å²) in [6.45, 7) is 7.66. The highest BCUT2D eigenvalue weighted by molar-refractivity contribution is 5.82. The average molecular weight is 521 g/mol. The van der Waals surface area contributed by atoms with Gasteiger partial charge in [-0.05, 0) is 61.9 Å². The van der Waals surface area contributed by atoms with Gasteiger partial charge in [0.2, 0.25) is 5.91 Å². The Morgan fingerprint density at radius 1 is 1.03 bits per heavy atom. The maximum absolute atomic E-state index is 13.9. The summed E-state index contributed by atoms with van der Waals surface area (Å²) in [5.41, 5.74) is 2.06. The van der Waals surface area contributed by atoms with Crippen molar-refractivity contribution in [3.63, 3.8) is 0 Å². The zero-order valence-corrected chi connectivity index (χ0v) is 21.8. The van der Waals surface area contributed by atoms with Crippen molar-refractivity contribution in [1.82, 2.24) is 10.6 Å². The van der Waals surface area contributed by atoms with Crippen LogP contribution in [0.3, 0.4) is 0 Å². The fourth-order valence-corrected chi connectivity index (χ4v) is 4.53. The van der Waals surface area contributed by atoms with Crippen LogP contribution in [0.4, 0.5) is 24.5 Å². The van der Waals surface area contributed by atoms with E-state index >= 15 is 0 Å². The summed E-state index contributed by atoms with van der Waals surface area (Å²) >= 11 is 0. The minimum atomic E-state index is -4.54. The lowest BCUT2D eigenvalue weighted by Gasteiger charge is -2.31. The number of piperidine rings is 1. The molecule has 1 aliphatic heterocycles. The van der Waals surface area contributed by atoms with Crippen LogP contribution >= 0.6 is 0 Å². The molecule has 0 spiro atoms. The predicted octanol–water partition coefficient (Wildman–Crippen LogP) is 4.87. The van der Waals surface area contributed by atoms with Gasteiger partial charge in [-0.25, -0.2) is 0 Å². The summed E-state index contributed by atoms with van der Waals surface area (Å²) in [4.78, 5) is 15.3. The molecule has 37 heavy (non-hydrogen) atoms. The third kappa shape index (κ3) is 8.93. The molecule has 1 aliphatic rings. The number of nitrogens with zero attached hydrogens (tertiary/aromatic N) is 1. The molecule has 3 rings (SSSR count). The number of rotatable bonds is 11. The Balaban J connectivity index is 1.56. The zero-order chi connectivity index (χ0) is 27.0. The van der Waals surface area contributed by atoms with Gasteiger partial charge in [0.1, 0.15) is 6.04 Å². The first-order chi connectivity index (χ1) is 17.5. The molecule has 4 N–H and O–H groups in total. The molecule has 6 nitrogen and oxygen atoms in total. The second-order valence-corrected chi connectivity index (χ2v) is 10.3. The van der Waals surface area contributed by atoms with Gasteiger partial charge in [-0.3, -0.25) is 10.1 Å². The minimum absolute atomic E-state index is 0.0306. The lowest BCUT2D eigenvalue weighted by molar-refractivity contribution is -0.161. The molecule has 0 bridgehead atoms. The van der Waals surface area contributed by atoms with Crippen LogP contribution in [0.5, 0.6) is 0 Å². The molecular formula is C28H39F3N4O2. The first-order valence-corrected chi connectivity index (χ1v) is 13.0. The number of carbonyl (C=O) groups excluding carboxylic acids is 1. The number of alkyl halides is 3. The number of hydrogen-bond acceptors (Lipinski definition) is 5. The minimum Gasteiger partial charge on any atom is -0.393 e. The Kier molecular flexibility index (Phi) is 10.2. The van der Waals surface area contributed by atoms with Crippen molar-refractivity contribution in [1.29, 1.82) is 0 Å². The quantitative estimate of drug-likeness (QED) is 0.340. The van der Waals surface area contributed by atoms with Crippen LogP contribution in [-0.4, -0.2) is 55.0 Å². The number of nitrogens with one attached hydrogen (secondary N) is 3. The van der Waals surface area contributed by atoms with E-state index in [4.69, 9.17) is 0 Å². The monoisotopic (exact) mass is 520 g/mol. The van der Waals surface area contributed by atoms with Crippen molar-refractivity contribution < 1.29 is 23.1 Å². The van der Waals surface area contributed by atoms with Gasteiger partial charge in [0.25, 0.3) is 0 Å². The van der Waals surface area contributed by atoms with E-state index in [0.717, 1.165) is 37.3 Å². The maximum Gasteiger partial charge on any atom is 0.407 e. The van der Waals surface area contributed by atoms with Crippen molar-refractivity contribution in [3.05, 3.63) is 60.2 Å². The summed E-state index contributed by atoms with van der Waals surface area (Å²) < 4.78 is 41.7. The predicted molar refractivity (Wildman–Crippen MR) is 142 cm³/mol. The summed E-state index contributed by atoms with van der Waals surface area (Å²) in [5.74, 6) is -0.418. The lowest BCUT2D eigenvalue weighted by atomic mass is 9.99.